The fourth-order valence-corrected chi connectivity index (χ4v) is 5.63. The van der Waals surface area contributed by atoms with E-state index in [4.69, 9.17) is 13.3 Å². The summed E-state index contributed by atoms with van der Waals surface area (Å²) in [5.74, 6) is -2.85. The van der Waals surface area contributed by atoms with E-state index < -0.39 is 26.7 Å². The van der Waals surface area contributed by atoms with Gasteiger partial charge in [-0.2, -0.15) is 0 Å². The first-order chi connectivity index (χ1) is 16.1. The Morgan fingerprint density at radius 3 is 1.18 bits per heavy atom. The van der Waals surface area contributed by atoms with Gasteiger partial charge in [0, 0.05) is 79.7 Å². The van der Waals surface area contributed by atoms with E-state index in [-0.39, 0.29) is 19.6 Å². The van der Waals surface area contributed by atoms with Gasteiger partial charge in [0.15, 0.2) is 0 Å². The van der Waals surface area contributed by atoms with Crippen molar-refractivity contribution in [3.63, 3.8) is 0 Å². The maximum absolute atomic E-state index is 11.3. The van der Waals surface area contributed by atoms with Gasteiger partial charge in [0.2, 0.25) is 0 Å². The lowest BCUT2D eigenvalue weighted by atomic mass is 10.3. The molecular weight excluding hydrogens is 468 g/mol. The van der Waals surface area contributed by atoms with E-state index in [9.17, 15) is 29.7 Å². The van der Waals surface area contributed by atoms with Gasteiger partial charge >= 0.3 is 26.7 Å². The van der Waals surface area contributed by atoms with Crippen LogP contribution in [0.5, 0.6) is 0 Å². The van der Waals surface area contributed by atoms with Crippen LogP contribution < -0.4 is 0 Å². The van der Waals surface area contributed by atoms with Crippen LogP contribution in [0.15, 0.2) is 0 Å². The first kappa shape index (κ1) is 30.4. The number of carbonyl (C=O) groups is 3. The zero-order chi connectivity index (χ0) is 25.6. The Kier molecular flexibility index (Phi) is 14.4. The summed E-state index contributed by atoms with van der Waals surface area (Å²) in [7, 11) is 1.99. The number of aliphatic carboxylic acids is 3. The van der Waals surface area contributed by atoms with Crippen molar-refractivity contribution in [2.24, 2.45) is 0 Å². The number of carboxylic acid groups (broad SMARTS) is 3. The summed E-state index contributed by atoms with van der Waals surface area (Å²) in [6.45, 7) is 3.98. The van der Waals surface area contributed by atoms with Crippen LogP contribution in [-0.4, -0.2) is 161 Å². The molecule has 0 aliphatic carbocycles. The molecule has 0 aromatic heterocycles. The molecular formula is C20H40N4O9Si. The van der Waals surface area contributed by atoms with E-state index in [1.165, 1.54) is 0 Å². The highest BCUT2D eigenvalue weighted by atomic mass is 28.4. The van der Waals surface area contributed by atoms with Crippen LogP contribution in [0, 0.1) is 0 Å². The van der Waals surface area contributed by atoms with Crippen molar-refractivity contribution in [1.82, 2.24) is 19.6 Å². The number of nitrogens with zero attached hydrogens (tertiary/aromatic N) is 4. The summed E-state index contributed by atoms with van der Waals surface area (Å²) < 4.78 is 16.4. The van der Waals surface area contributed by atoms with Crippen molar-refractivity contribution in [3.05, 3.63) is 0 Å². The van der Waals surface area contributed by atoms with Crippen LogP contribution in [0.3, 0.4) is 0 Å². The number of hydrogen-bond donors (Lipinski definition) is 3. The third-order valence-corrected chi connectivity index (χ3v) is 8.73. The highest BCUT2D eigenvalue weighted by Crippen LogP contribution is 2.15. The monoisotopic (exact) mass is 508 g/mol. The molecule has 1 fully saturated rings. The molecule has 0 radical (unpaired) electrons. The molecule has 0 amide bonds. The van der Waals surface area contributed by atoms with Crippen LogP contribution in [0.1, 0.15) is 6.42 Å². The summed E-state index contributed by atoms with van der Waals surface area (Å²) in [5.41, 5.74) is 0. The molecule has 1 rings (SSSR count). The lowest BCUT2D eigenvalue weighted by molar-refractivity contribution is -0.140. The summed E-state index contributed by atoms with van der Waals surface area (Å²) in [5, 5.41) is 27.8. The summed E-state index contributed by atoms with van der Waals surface area (Å²) in [6.07, 6.45) is 0.742. The molecule has 0 aromatic rings. The topological polar surface area (TPSA) is 153 Å². The molecule has 0 aromatic carbocycles. The fourth-order valence-electron chi connectivity index (χ4n) is 3.93. The van der Waals surface area contributed by atoms with E-state index in [1.807, 2.05) is 0 Å². The van der Waals surface area contributed by atoms with Crippen molar-refractivity contribution in [2.45, 2.75) is 12.5 Å². The molecule has 0 atom stereocenters. The van der Waals surface area contributed by atoms with Gasteiger partial charge in [-0.1, -0.05) is 0 Å². The zero-order valence-corrected chi connectivity index (χ0v) is 21.5. The Labute approximate surface area is 202 Å². The Morgan fingerprint density at radius 2 is 0.912 bits per heavy atom. The second kappa shape index (κ2) is 16.1. The Hall–Kier alpha value is -1.65. The minimum Gasteiger partial charge on any atom is -0.480 e. The molecule has 13 nitrogen and oxygen atoms in total. The minimum absolute atomic E-state index is 0.132. The van der Waals surface area contributed by atoms with Crippen molar-refractivity contribution in [3.8, 4) is 0 Å². The smallest absolute Gasteiger partial charge is 0.480 e. The average molecular weight is 509 g/mol. The van der Waals surface area contributed by atoms with E-state index in [1.54, 1.807) is 36.0 Å². The maximum Gasteiger partial charge on any atom is 0.500 e. The van der Waals surface area contributed by atoms with Gasteiger partial charge in [-0.3, -0.25) is 29.1 Å². The van der Waals surface area contributed by atoms with E-state index in [0.29, 0.717) is 64.9 Å². The molecule has 14 heteroatoms. The molecule has 0 saturated carbocycles. The number of rotatable bonds is 13. The van der Waals surface area contributed by atoms with Crippen molar-refractivity contribution in [2.75, 3.05) is 99.9 Å². The number of carboxylic acids is 3. The predicted molar refractivity (Wildman–Crippen MR) is 125 cm³/mol. The van der Waals surface area contributed by atoms with Crippen LogP contribution in [0.4, 0.5) is 0 Å². The molecule has 1 aliphatic rings. The van der Waals surface area contributed by atoms with Gasteiger partial charge in [-0.25, -0.2) is 0 Å². The van der Waals surface area contributed by atoms with Gasteiger partial charge in [0.05, 0.1) is 19.6 Å². The highest BCUT2D eigenvalue weighted by Gasteiger charge is 2.37. The highest BCUT2D eigenvalue weighted by molar-refractivity contribution is 6.60. The first-order valence-electron chi connectivity index (χ1n) is 11.3. The Bertz CT molecular complexity index is 599. The van der Waals surface area contributed by atoms with E-state index >= 15 is 0 Å². The first-order valence-corrected chi connectivity index (χ1v) is 13.3. The largest absolute Gasteiger partial charge is 0.500 e. The van der Waals surface area contributed by atoms with E-state index in [0.717, 1.165) is 6.42 Å². The third-order valence-electron chi connectivity index (χ3n) is 5.90. The molecule has 198 valence electrons. The quantitative estimate of drug-likeness (QED) is 0.254. The normalized spacial score (nSPS) is 18.8. The van der Waals surface area contributed by atoms with Gasteiger partial charge in [0.1, 0.15) is 0 Å². The molecule has 0 unspecified atom stereocenters. The molecule has 0 spiro atoms. The summed E-state index contributed by atoms with van der Waals surface area (Å²) in [6, 6.07) is 0.620. The SMILES string of the molecule is CO[Si](CCCN1CCN(CC(=O)O)CCN(CC(=O)O)CCN(CC(=O)O)CC1)(OC)OC. The third kappa shape index (κ3) is 12.2. The fraction of sp³-hybridized carbons (Fsp3) is 0.850. The molecule has 34 heavy (non-hydrogen) atoms. The van der Waals surface area contributed by atoms with E-state index in [2.05, 4.69) is 4.90 Å². The second-order valence-electron chi connectivity index (χ2n) is 8.25. The van der Waals surface area contributed by atoms with Crippen LogP contribution in [-0.2, 0) is 27.7 Å². The van der Waals surface area contributed by atoms with Crippen molar-refractivity contribution >= 4 is 26.7 Å². The van der Waals surface area contributed by atoms with Crippen molar-refractivity contribution in [1.29, 1.82) is 0 Å². The predicted octanol–water partition coefficient (Wildman–Crippen LogP) is -1.27. The minimum atomic E-state index is -2.71. The summed E-state index contributed by atoms with van der Waals surface area (Å²) >= 11 is 0. The summed E-state index contributed by atoms with van der Waals surface area (Å²) in [4.78, 5) is 41.5. The van der Waals surface area contributed by atoms with Crippen molar-refractivity contribution < 1.29 is 43.0 Å². The van der Waals surface area contributed by atoms with Gasteiger partial charge in [-0.15, -0.1) is 0 Å². The molecule has 1 saturated heterocycles. The standard InChI is InChI=1S/C20H40N4O9Si/c1-31-34(32-2,33-3)14-4-5-21-6-8-22(15-18(25)26)10-12-24(17-20(29)30)13-11-23(9-7-21)16-19(27)28/h4-17H2,1-3H3,(H,25,26)(H,27,28)(H,29,30). The lowest BCUT2D eigenvalue weighted by Crippen LogP contribution is -2.49. The second-order valence-corrected chi connectivity index (χ2v) is 11.3. The maximum atomic E-state index is 11.3. The molecule has 1 heterocycles. The molecule has 3 N–H and O–H groups in total. The zero-order valence-electron chi connectivity index (χ0n) is 20.5. The number of hydrogen-bond acceptors (Lipinski definition) is 10. The van der Waals surface area contributed by atoms with Gasteiger partial charge < -0.3 is 33.5 Å². The molecule has 1 aliphatic heterocycles. The van der Waals surface area contributed by atoms with Crippen LogP contribution in [0.2, 0.25) is 6.04 Å². The van der Waals surface area contributed by atoms with Crippen LogP contribution >= 0.6 is 0 Å². The lowest BCUT2D eigenvalue weighted by Gasteiger charge is -2.33. The molecule has 0 bridgehead atoms. The Balaban J connectivity index is 2.91. The van der Waals surface area contributed by atoms with Gasteiger partial charge in [-0.05, 0) is 13.0 Å². The van der Waals surface area contributed by atoms with Gasteiger partial charge in [0.25, 0.3) is 0 Å². The van der Waals surface area contributed by atoms with Crippen LogP contribution in [0.25, 0.3) is 0 Å². The average Bonchev–Trinajstić information content (AvgIpc) is 2.77. The Morgan fingerprint density at radius 1 is 0.618 bits per heavy atom.